The van der Waals surface area contributed by atoms with E-state index < -0.39 is 20.0 Å². The van der Waals surface area contributed by atoms with Gasteiger partial charge in [0.05, 0.1) is 19.6 Å². The van der Waals surface area contributed by atoms with E-state index in [0.717, 1.165) is 19.6 Å². The van der Waals surface area contributed by atoms with Gasteiger partial charge in [-0.1, -0.05) is 0 Å². The number of hydrogen-bond acceptors (Lipinski definition) is 5. The van der Waals surface area contributed by atoms with Crippen molar-refractivity contribution < 1.29 is 21.7 Å². The Hall–Kier alpha value is -0.180. The molecule has 0 radical (unpaired) electrons. The minimum absolute atomic E-state index is 0.0556. The molecule has 0 amide bonds. The molecule has 0 atom stereocenters. The topological polar surface area (TPSA) is 80.8 Å². The second kappa shape index (κ2) is 3.05. The van der Waals surface area contributed by atoms with Crippen molar-refractivity contribution in [3.8, 4) is 0 Å². The summed E-state index contributed by atoms with van der Waals surface area (Å²) in [5, 5.41) is 0. The number of nitrogens with zero attached hydrogens (tertiary/aromatic N) is 1. The van der Waals surface area contributed by atoms with E-state index in [1.54, 1.807) is 0 Å². The second-order valence-corrected chi connectivity index (χ2v) is 5.70. The van der Waals surface area contributed by atoms with Crippen LogP contribution >= 0.6 is 0 Å². The molecule has 6 nitrogen and oxygen atoms in total. The Balaban J connectivity index is 5.05. The lowest BCUT2D eigenvalue weighted by Gasteiger charge is -2.12. The van der Waals surface area contributed by atoms with E-state index in [4.69, 9.17) is 0 Å². The van der Waals surface area contributed by atoms with Gasteiger partial charge in [0.1, 0.15) is 0 Å². The second-order valence-electron chi connectivity index (χ2n) is 1.87. The molecule has 8 heteroatoms. The Morgan fingerprint density at radius 2 is 1.27 bits per heavy atom. The first-order valence-corrected chi connectivity index (χ1v) is 6.14. The molecule has 0 saturated carbocycles. The highest BCUT2D eigenvalue weighted by molar-refractivity contribution is 8.03. The first kappa shape index (κ1) is 10.8. The van der Waals surface area contributed by atoms with E-state index in [-0.39, 0.29) is 3.87 Å². The van der Waals surface area contributed by atoms with Gasteiger partial charge in [0.25, 0.3) is 0 Å². The van der Waals surface area contributed by atoms with Gasteiger partial charge < -0.3 is 0 Å². The first-order valence-electron chi connectivity index (χ1n) is 2.44. The molecule has 0 N–H and O–H groups in total. The SMILES string of the molecule is CON(S(C)(=O)=O)S(C)(=O)=O. The van der Waals surface area contributed by atoms with Crippen LogP contribution < -0.4 is 0 Å². The van der Waals surface area contributed by atoms with Gasteiger partial charge in [0, 0.05) is 3.87 Å². The normalized spacial score (nSPS) is 13.8. The van der Waals surface area contributed by atoms with Crippen LogP contribution in [0.15, 0.2) is 0 Å². The zero-order chi connectivity index (χ0) is 9.28. The molecule has 0 aromatic heterocycles. The Morgan fingerprint density at radius 1 is 1.00 bits per heavy atom. The molecule has 0 spiro atoms. The van der Waals surface area contributed by atoms with Crippen molar-refractivity contribution in [3.05, 3.63) is 0 Å². The predicted octanol–water partition coefficient (Wildman–Crippen LogP) is -1.23. The minimum atomic E-state index is -3.85. The summed E-state index contributed by atoms with van der Waals surface area (Å²) in [5.74, 6) is 0. The molecule has 0 aliphatic rings. The van der Waals surface area contributed by atoms with E-state index in [1.165, 1.54) is 0 Å². The molecule has 0 rings (SSSR count). The molecule has 0 aliphatic carbocycles. The van der Waals surface area contributed by atoms with Crippen LogP contribution in [0.5, 0.6) is 0 Å². The number of rotatable bonds is 3. The number of sulfonamides is 2. The van der Waals surface area contributed by atoms with Gasteiger partial charge in [-0.15, -0.1) is 0 Å². The molecule has 0 fully saturated rings. The molecule has 0 unspecified atom stereocenters. The molecular formula is C3H9NO5S2. The largest absolute Gasteiger partial charge is 0.274 e. The molecule has 11 heavy (non-hydrogen) atoms. The maximum atomic E-state index is 10.6. The standard InChI is InChI=1S/C3H9NO5S2/c1-9-4(10(2,5)6)11(3,7)8/h1-3H3. The Morgan fingerprint density at radius 3 is 1.27 bits per heavy atom. The molecular weight excluding hydrogens is 194 g/mol. The third kappa shape index (κ3) is 3.14. The van der Waals surface area contributed by atoms with Gasteiger partial charge in [-0.3, -0.25) is 4.84 Å². The smallest absolute Gasteiger partial charge is 0.247 e. The van der Waals surface area contributed by atoms with Crippen LogP contribution in [0.4, 0.5) is 0 Å². The highest BCUT2D eigenvalue weighted by Gasteiger charge is 2.26. The van der Waals surface area contributed by atoms with Crippen LogP contribution in [-0.2, 0) is 24.9 Å². The van der Waals surface area contributed by atoms with Crippen LogP contribution in [0, 0.1) is 0 Å². The third-order valence-electron chi connectivity index (χ3n) is 0.691. The van der Waals surface area contributed by atoms with E-state index in [9.17, 15) is 16.8 Å². The fourth-order valence-corrected chi connectivity index (χ4v) is 3.03. The molecule has 68 valence electrons. The summed E-state index contributed by atoms with van der Waals surface area (Å²) in [6.45, 7) is 0. The zero-order valence-corrected chi connectivity index (χ0v) is 7.94. The van der Waals surface area contributed by atoms with Crippen molar-refractivity contribution in [3.63, 3.8) is 0 Å². The Bertz CT molecular complexity index is 282. The van der Waals surface area contributed by atoms with Crippen molar-refractivity contribution in [2.45, 2.75) is 0 Å². The Labute approximate surface area is 65.8 Å². The fourth-order valence-electron chi connectivity index (χ4n) is 0.517. The monoisotopic (exact) mass is 203 g/mol. The van der Waals surface area contributed by atoms with Gasteiger partial charge in [0.2, 0.25) is 20.0 Å². The highest BCUT2D eigenvalue weighted by atomic mass is 32.3. The molecule has 0 aliphatic heterocycles. The van der Waals surface area contributed by atoms with Gasteiger partial charge in [-0.2, -0.15) is 0 Å². The molecule has 0 heterocycles. The average molecular weight is 203 g/mol. The lowest BCUT2D eigenvalue weighted by molar-refractivity contribution is 0.0305. The summed E-state index contributed by atoms with van der Waals surface area (Å²) in [7, 11) is -6.74. The van der Waals surface area contributed by atoms with Gasteiger partial charge in [-0.25, -0.2) is 16.8 Å². The fraction of sp³-hybridized carbons (Fsp3) is 1.00. The molecule has 0 aromatic carbocycles. The van der Waals surface area contributed by atoms with Crippen LogP contribution in [0.2, 0.25) is 0 Å². The van der Waals surface area contributed by atoms with Crippen molar-refractivity contribution in [2.75, 3.05) is 19.6 Å². The van der Waals surface area contributed by atoms with E-state index in [1.807, 2.05) is 0 Å². The number of hydrogen-bond donors (Lipinski definition) is 0. The molecule has 0 bridgehead atoms. The summed E-state index contributed by atoms with van der Waals surface area (Å²) in [4.78, 5) is 4.14. The van der Waals surface area contributed by atoms with Crippen molar-refractivity contribution in [1.29, 1.82) is 0 Å². The minimum Gasteiger partial charge on any atom is -0.274 e. The summed E-state index contributed by atoms with van der Waals surface area (Å²) in [5.41, 5.74) is 0. The quantitative estimate of drug-likeness (QED) is 0.536. The van der Waals surface area contributed by atoms with E-state index in [0.29, 0.717) is 0 Å². The van der Waals surface area contributed by atoms with Crippen LogP contribution in [-0.4, -0.2) is 40.3 Å². The van der Waals surface area contributed by atoms with Crippen molar-refractivity contribution in [2.24, 2.45) is 0 Å². The lowest BCUT2D eigenvalue weighted by Crippen LogP contribution is -2.34. The van der Waals surface area contributed by atoms with Crippen LogP contribution in [0.3, 0.4) is 0 Å². The van der Waals surface area contributed by atoms with Crippen LogP contribution in [0.25, 0.3) is 0 Å². The van der Waals surface area contributed by atoms with Crippen LogP contribution in [0.1, 0.15) is 0 Å². The van der Waals surface area contributed by atoms with Gasteiger partial charge in [0.15, 0.2) is 0 Å². The zero-order valence-electron chi connectivity index (χ0n) is 6.30. The maximum Gasteiger partial charge on any atom is 0.247 e. The summed E-state index contributed by atoms with van der Waals surface area (Å²) in [6.07, 6.45) is 1.47. The van der Waals surface area contributed by atoms with Gasteiger partial charge >= 0.3 is 0 Å². The third-order valence-corrected chi connectivity index (χ3v) is 3.70. The lowest BCUT2D eigenvalue weighted by atomic mass is 11.7. The maximum absolute atomic E-state index is 10.6. The van der Waals surface area contributed by atoms with Crippen molar-refractivity contribution >= 4 is 20.0 Å². The molecule has 0 saturated heterocycles. The summed E-state index contributed by atoms with van der Waals surface area (Å²) >= 11 is 0. The summed E-state index contributed by atoms with van der Waals surface area (Å²) < 4.78 is 42.5. The average Bonchev–Trinajstić information content (AvgIpc) is 1.56. The first-order chi connectivity index (χ1) is 4.69. The van der Waals surface area contributed by atoms with Crippen molar-refractivity contribution in [1.82, 2.24) is 3.87 Å². The van der Waals surface area contributed by atoms with E-state index >= 15 is 0 Å². The van der Waals surface area contributed by atoms with E-state index in [2.05, 4.69) is 4.84 Å². The predicted molar refractivity (Wildman–Crippen MR) is 38.5 cm³/mol. The Kier molecular flexibility index (Phi) is 3.00. The molecule has 0 aromatic rings. The summed E-state index contributed by atoms with van der Waals surface area (Å²) in [6, 6.07) is 0. The highest BCUT2D eigenvalue weighted by Crippen LogP contribution is 2.03. The van der Waals surface area contributed by atoms with Gasteiger partial charge in [-0.05, 0) is 0 Å².